The normalized spacial score (nSPS) is 14.3. The maximum absolute atomic E-state index is 12.5. The van der Waals surface area contributed by atoms with Gasteiger partial charge in [0, 0.05) is 90.8 Å². The second kappa shape index (κ2) is 46.6. The van der Waals surface area contributed by atoms with Crippen LogP contribution in [0.3, 0.4) is 0 Å². The molecule has 1 fully saturated rings. The molecule has 0 bridgehead atoms. The summed E-state index contributed by atoms with van der Waals surface area (Å²) in [6.07, 6.45) is -2.56. The zero-order chi connectivity index (χ0) is 61.1. The molecule has 0 aliphatic carbocycles. The largest absolute Gasteiger partial charge is 0.481 e. The highest BCUT2D eigenvalue weighted by Gasteiger charge is 2.39. The minimum atomic E-state index is -1.34. The molecule has 1 aliphatic heterocycles. The summed E-state index contributed by atoms with van der Waals surface area (Å²) in [6, 6.07) is -5.25. The number of nitrogens with one attached hydrogen (secondary N) is 10. The molecule has 0 aromatic heterocycles. The van der Waals surface area contributed by atoms with Gasteiger partial charge in [-0.05, 0) is 13.8 Å². The van der Waals surface area contributed by atoms with Gasteiger partial charge in [0.1, 0.15) is 35.7 Å². The molecule has 12 amide bonds. The van der Waals surface area contributed by atoms with Gasteiger partial charge in [0.25, 0.3) is 0 Å². The van der Waals surface area contributed by atoms with Crippen LogP contribution in [-0.2, 0) is 76.7 Å². The van der Waals surface area contributed by atoms with Crippen LogP contribution >= 0.6 is 0 Å². The molecule has 1 rings (SSSR count). The van der Waals surface area contributed by atoms with Crippen molar-refractivity contribution in [1.29, 1.82) is 0 Å². The first-order chi connectivity index (χ1) is 36.9. The van der Waals surface area contributed by atoms with Gasteiger partial charge < -0.3 is 78.7 Å². The third-order valence-electron chi connectivity index (χ3n) is 10.9. The highest BCUT2D eigenvalue weighted by atomic mass is 16.4. The molecule has 1 saturated heterocycles. The van der Waals surface area contributed by atoms with Crippen molar-refractivity contribution < 1.29 is 102 Å². The highest BCUT2D eigenvalue weighted by molar-refractivity contribution is 6.04. The number of hydrogen-bond donors (Lipinski definition) is 15. The molecular weight excluding hydrogens is 1100 g/mol. The molecule has 32 nitrogen and oxygen atoms in total. The van der Waals surface area contributed by atoms with Gasteiger partial charge >= 0.3 is 11.9 Å². The number of amides is 12. The van der Waals surface area contributed by atoms with E-state index in [0.29, 0.717) is 0 Å². The minimum absolute atomic E-state index is 0. The fraction of sp³-hybridized carbons (Fsp3) is 0.686. The lowest BCUT2D eigenvalue weighted by atomic mass is 10.0. The topological polar surface area (TPSA) is 498 Å². The average Bonchev–Trinajstić information content (AvgIpc) is 3.61. The van der Waals surface area contributed by atoms with Gasteiger partial charge in [-0.3, -0.25) is 81.6 Å². The van der Waals surface area contributed by atoms with Crippen molar-refractivity contribution in [3.05, 3.63) is 0 Å². The number of likely N-dealkylation sites (N-methyl/N-ethyl adjacent to an activating group) is 2. The Bertz CT molecular complexity index is 2070. The van der Waals surface area contributed by atoms with Crippen LogP contribution in [0.5, 0.6) is 0 Å². The molecule has 1 heterocycles. The van der Waals surface area contributed by atoms with Crippen LogP contribution in [0.25, 0.3) is 0 Å². The van der Waals surface area contributed by atoms with Gasteiger partial charge in [-0.15, -0.1) is 0 Å². The molecule has 0 saturated carbocycles. The van der Waals surface area contributed by atoms with Crippen LogP contribution in [0, 0.1) is 23.7 Å². The van der Waals surface area contributed by atoms with Crippen molar-refractivity contribution >= 4 is 94.4 Å². The Kier molecular flexibility index (Phi) is 48.4. The Hall–Kier alpha value is -8.00. The van der Waals surface area contributed by atoms with E-state index in [2.05, 4.69) is 53.2 Å². The number of aliphatic carboxylic acids is 2. The van der Waals surface area contributed by atoms with Crippen molar-refractivity contribution in [3.8, 4) is 0 Å². The molecule has 8 unspecified atom stereocenters. The molecule has 478 valence electrons. The van der Waals surface area contributed by atoms with Crippen LogP contribution in [0.15, 0.2) is 0 Å². The van der Waals surface area contributed by atoms with Crippen molar-refractivity contribution in [2.45, 2.75) is 140 Å². The number of carboxylic acids is 2. The van der Waals surface area contributed by atoms with Gasteiger partial charge in [0.05, 0.1) is 51.4 Å². The fourth-order valence-electron chi connectivity index (χ4n) is 6.74. The van der Waals surface area contributed by atoms with Crippen LogP contribution < -0.4 is 53.2 Å². The summed E-state index contributed by atoms with van der Waals surface area (Å²) in [4.78, 5) is 189. The summed E-state index contributed by atoms with van der Waals surface area (Å²) < 4.78 is 0. The molecule has 32 heteroatoms. The van der Waals surface area contributed by atoms with E-state index in [9.17, 15) is 76.7 Å². The number of aliphatic hydroxyl groups excluding tert-OH is 3. The number of carbonyl (C=O) groups is 16. The quantitative estimate of drug-likeness (QED) is 0.0275. The maximum atomic E-state index is 12.5. The SMILES string of the molecule is C.C.C.C.CNC(=O)C(CC(=O)NCCO)CN1C(=O)CC(C)C1=O.CNC(=O)C(CC(=O)NCCO)NC(=O)C(CC(C)=O)NC(=O)C(C)CC(=O)O.CNC(=O)C(CC(=O)NCCO)NC(=O)C(CC(C)=O)NC(=O)C(C)CC(=O)O. The molecule has 15 N–H and O–H groups in total. The van der Waals surface area contributed by atoms with Gasteiger partial charge in [0.2, 0.25) is 70.9 Å². The number of ketones is 2. The van der Waals surface area contributed by atoms with E-state index >= 15 is 0 Å². The Morgan fingerprint density at radius 3 is 1.04 bits per heavy atom. The molecule has 0 aromatic rings. The summed E-state index contributed by atoms with van der Waals surface area (Å²) in [5.41, 5.74) is 0. The van der Waals surface area contributed by atoms with Gasteiger partial charge in [0.15, 0.2) is 0 Å². The summed E-state index contributed by atoms with van der Waals surface area (Å²) in [6.45, 7) is 5.89. The van der Waals surface area contributed by atoms with Gasteiger partial charge in [-0.2, -0.15) is 0 Å². The lowest BCUT2D eigenvalue weighted by Gasteiger charge is -2.23. The number of imide groups is 1. The molecule has 83 heavy (non-hydrogen) atoms. The van der Waals surface area contributed by atoms with E-state index < -0.39 is 150 Å². The molecule has 1 aliphatic rings. The van der Waals surface area contributed by atoms with Crippen molar-refractivity contribution in [3.63, 3.8) is 0 Å². The Labute approximate surface area is 484 Å². The van der Waals surface area contributed by atoms with Crippen LogP contribution in [0.2, 0.25) is 0 Å². The fourth-order valence-corrected chi connectivity index (χ4v) is 6.74. The lowest BCUT2D eigenvalue weighted by Crippen LogP contribution is -2.55. The number of likely N-dealkylation sites (tertiary alicyclic amines) is 1. The molecule has 8 atom stereocenters. The number of rotatable bonds is 33. The first kappa shape index (κ1) is 86.3. The predicted molar refractivity (Wildman–Crippen MR) is 298 cm³/mol. The first-order valence-corrected chi connectivity index (χ1v) is 24.7. The van der Waals surface area contributed by atoms with Crippen LogP contribution in [0.1, 0.15) is 116 Å². The smallest absolute Gasteiger partial charge is 0.304 e. The molecule has 0 spiro atoms. The van der Waals surface area contributed by atoms with Crippen molar-refractivity contribution in [1.82, 2.24) is 58.1 Å². The van der Waals surface area contributed by atoms with Crippen LogP contribution in [0.4, 0.5) is 0 Å². The first-order valence-electron chi connectivity index (χ1n) is 24.7. The number of carbonyl (C=O) groups excluding carboxylic acids is 14. The summed E-state index contributed by atoms with van der Waals surface area (Å²) in [5.74, 6) is -13.6. The standard InChI is InChI=1S/2C17H28N4O8.C13H21N3O5.4CH4/c2*1-9(6-14(25)26)15(27)20-11(7-10(2)23)17(29)21-12(16(28)18-3)8-13(24)19-4-5-22;1-8-5-11(19)16(13(8)21)7-9(12(20)14-2)6-10(18)15-3-4-17;;;;/h2*9,11-12,22H,4-8H2,1-3H3,(H,18,28)(H,19,24)(H,20,27)(H,21,29)(H,25,26);8-9,17H,3-7H2,1-2H3,(H,14,20)(H,15,18);4*1H4. The Balaban J connectivity index is -0.000000265. The lowest BCUT2D eigenvalue weighted by molar-refractivity contribution is -0.142. The monoisotopic (exact) mass is 1200 g/mol. The summed E-state index contributed by atoms with van der Waals surface area (Å²) >= 11 is 0. The van der Waals surface area contributed by atoms with Crippen molar-refractivity contribution in [2.24, 2.45) is 23.7 Å². The van der Waals surface area contributed by atoms with E-state index in [1.54, 1.807) is 6.92 Å². The number of nitrogens with zero attached hydrogens (tertiary/aromatic N) is 1. The molecular formula is C51H93N11O21. The van der Waals surface area contributed by atoms with E-state index in [-0.39, 0.29) is 119 Å². The van der Waals surface area contributed by atoms with Gasteiger partial charge in [-0.1, -0.05) is 50.5 Å². The third-order valence-corrected chi connectivity index (χ3v) is 10.9. The van der Waals surface area contributed by atoms with E-state index in [0.717, 1.165) is 4.90 Å². The van der Waals surface area contributed by atoms with Crippen molar-refractivity contribution in [2.75, 3.05) is 67.1 Å². The number of Topliss-reactive ketones (excluding diaryl/α,β-unsaturated/α-hetero) is 2. The summed E-state index contributed by atoms with van der Waals surface area (Å²) in [7, 11) is 4.03. The Morgan fingerprint density at radius 1 is 0.470 bits per heavy atom. The second-order valence-corrected chi connectivity index (χ2v) is 17.9. The molecule has 0 aromatic carbocycles. The summed E-state index contributed by atoms with van der Waals surface area (Å²) in [5, 5.41) is 67.0. The van der Waals surface area contributed by atoms with E-state index in [1.165, 1.54) is 48.8 Å². The number of hydrogen-bond acceptors (Lipinski definition) is 19. The molecule has 0 radical (unpaired) electrons. The average molecular weight is 1200 g/mol. The maximum Gasteiger partial charge on any atom is 0.304 e. The van der Waals surface area contributed by atoms with E-state index in [1.807, 2.05) is 0 Å². The zero-order valence-electron chi connectivity index (χ0n) is 45.4. The van der Waals surface area contributed by atoms with Gasteiger partial charge in [-0.25, -0.2) is 0 Å². The number of carboxylic acid groups (broad SMARTS) is 2. The number of aliphatic hydroxyl groups is 3. The van der Waals surface area contributed by atoms with E-state index in [4.69, 9.17) is 25.5 Å². The Morgan fingerprint density at radius 2 is 0.771 bits per heavy atom. The third kappa shape index (κ3) is 36.9. The van der Waals surface area contributed by atoms with Crippen LogP contribution in [-0.4, -0.2) is 216 Å². The second-order valence-electron chi connectivity index (χ2n) is 17.9. The predicted octanol–water partition coefficient (Wildman–Crippen LogP) is -4.63. The zero-order valence-corrected chi connectivity index (χ0v) is 45.4. The highest BCUT2D eigenvalue weighted by Crippen LogP contribution is 2.21. The minimum Gasteiger partial charge on any atom is -0.481 e.